The molecular formula is C68H68N2S4. The van der Waals surface area contributed by atoms with Crippen LogP contribution in [0.2, 0.25) is 0 Å². The monoisotopic (exact) mass is 1040 g/mol. The number of benzene rings is 6. The highest BCUT2D eigenvalue weighted by atomic mass is 32.1. The molecule has 10 rings (SSSR count). The van der Waals surface area contributed by atoms with Crippen molar-refractivity contribution in [2.24, 2.45) is 0 Å². The van der Waals surface area contributed by atoms with Gasteiger partial charge in [0.05, 0.1) is 0 Å². The molecule has 4 heterocycles. The van der Waals surface area contributed by atoms with Gasteiger partial charge in [0.2, 0.25) is 0 Å². The lowest BCUT2D eigenvalue weighted by atomic mass is 10.0. The Kier molecular flexibility index (Phi) is 16.0. The number of hydrogen-bond acceptors (Lipinski definition) is 6. The topological polar surface area (TPSA) is 6.48 Å². The molecule has 0 spiro atoms. The van der Waals surface area contributed by atoms with Gasteiger partial charge in [0.25, 0.3) is 0 Å². The third kappa shape index (κ3) is 10.5. The van der Waals surface area contributed by atoms with Crippen LogP contribution in [0.25, 0.3) is 52.9 Å². The minimum absolute atomic E-state index is 1.04. The van der Waals surface area contributed by atoms with Crippen molar-refractivity contribution in [3.05, 3.63) is 212 Å². The van der Waals surface area contributed by atoms with Gasteiger partial charge in [0.15, 0.2) is 0 Å². The van der Waals surface area contributed by atoms with Crippen LogP contribution in [0.1, 0.15) is 97.2 Å². The Hall–Kier alpha value is -6.28. The molecule has 0 atom stereocenters. The van der Waals surface area contributed by atoms with Gasteiger partial charge in [0.1, 0.15) is 0 Å². The van der Waals surface area contributed by atoms with E-state index < -0.39 is 0 Å². The van der Waals surface area contributed by atoms with E-state index >= 15 is 0 Å². The van der Waals surface area contributed by atoms with Gasteiger partial charge < -0.3 is 9.80 Å². The molecule has 0 radical (unpaired) electrons. The van der Waals surface area contributed by atoms with Crippen molar-refractivity contribution in [2.45, 2.75) is 107 Å². The molecule has 10 aromatic rings. The highest BCUT2D eigenvalue weighted by molar-refractivity contribution is 7.16. The molecule has 0 saturated carbocycles. The van der Waals surface area contributed by atoms with Crippen LogP contribution in [0.15, 0.2) is 170 Å². The quantitative estimate of drug-likeness (QED) is 0.0796. The van der Waals surface area contributed by atoms with E-state index in [1.807, 2.05) is 45.3 Å². The van der Waals surface area contributed by atoms with Crippen LogP contribution in [0.3, 0.4) is 0 Å². The Morgan fingerprint density at radius 1 is 0.230 bits per heavy atom. The normalized spacial score (nSPS) is 11.4. The lowest BCUT2D eigenvalue weighted by Crippen LogP contribution is -2.10. The summed E-state index contributed by atoms with van der Waals surface area (Å²) < 4.78 is 0. The SMILES string of the molecule is CCc1cc(CC)c(-c2ccc(N(c3ccc(-c4ccc(N(c5ccc(-c6sc(CC)cc6CC)cc5)c5ccc(-c6sc(CC)cc6CC)cc5)cc4)cc3)c3ccc(-c4sc(CC)cc4CC)cc3)cc2)s1. The van der Waals surface area contributed by atoms with Crippen LogP contribution in [-0.4, -0.2) is 0 Å². The van der Waals surface area contributed by atoms with Crippen LogP contribution in [0, 0.1) is 0 Å². The number of hydrogen-bond donors (Lipinski definition) is 0. The number of rotatable bonds is 19. The summed E-state index contributed by atoms with van der Waals surface area (Å²) in [5, 5.41) is 0. The fraction of sp³-hybridized carbons (Fsp3) is 0.235. The Bertz CT molecular complexity index is 3020. The largest absolute Gasteiger partial charge is 0.311 e. The minimum Gasteiger partial charge on any atom is -0.311 e. The van der Waals surface area contributed by atoms with Gasteiger partial charge in [-0.3, -0.25) is 0 Å². The average Bonchev–Trinajstić information content (AvgIpc) is 4.29. The van der Waals surface area contributed by atoms with Crippen LogP contribution in [-0.2, 0) is 51.4 Å². The van der Waals surface area contributed by atoms with Crippen LogP contribution < -0.4 is 9.80 Å². The third-order valence-corrected chi connectivity index (χ3v) is 20.0. The molecule has 0 saturated heterocycles. The first-order valence-corrected chi connectivity index (χ1v) is 30.2. The molecule has 0 unspecified atom stereocenters. The highest BCUT2D eigenvalue weighted by Crippen LogP contribution is 2.44. The van der Waals surface area contributed by atoms with Gasteiger partial charge in [-0.05, 0) is 204 Å². The van der Waals surface area contributed by atoms with Gasteiger partial charge >= 0.3 is 0 Å². The Labute approximate surface area is 457 Å². The predicted molar refractivity (Wildman–Crippen MR) is 330 cm³/mol. The van der Waals surface area contributed by atoms with Crippen molar-refractivity contribution in [2.75, 3.05) is 9.80 Å². The van der Waals surface area contributed by atoms with E-state index in [1.54, 1.807) is 0 Å². The first-order valence-electron chi connectivity index (χ1n) is 26.9. The number of anilines is 6. The molecule has 4 aromatic heterocycles. The van der Waals surface area contributed by atoms with Gasteiger partial charge in [-0.15, -0.1) is 45.3 Å². The number of nitrogens with zero attached hydrogens (tertiary/aromatic N) is 2. The Morgan fingerprint density at radius 3 is 0.568 bits per heavy atom. The standard InChI is InChI=1S/C68H68N2S4/c1-9-45-41-61(13-5)71-65(45)51-21-33-57(34-22-51)69(58-35-23-52(24-36-58)66-46(10-2)42-62(14-6)72-66)55-29-17-49(18-30-55)50-19-31-56(32-20-50)70(59-37-25-53(26-38-59)67-47(11-3)43-63(15-7)73-67)60-39-27-54(28-40-60)68-48(12-4)44-64(16-8)74-68/h17-44H,9-16H2,1-8H3. The van der Waals surface area contributed by atoms with Gasteiger partial charge in [-0.2, -0.15) is 0 Å². The second kappa shape index (κ2) is 23.1. The van der Waals surface area contributed by atoms with Crippen molar-refractivity contribution in [1.82, 2.24) is 0 Å². The van der Waals surface area contributed by atoms with E-state index in [2.05, 4.69) is 235 Å². The van der Waals surface area contributed by atoms with Crippen molar-refractivity contribution in [3.63, 3.8) is 0 Å². The molecule has 0 fully saturated rings. The average molecular weight is 1040 g/mol. The summed E-state index contributed by atoms with van der Waals surface area (Å²) in [5.41, 5.74) is 20.1. The first kappa shape index (κ1) is 51.2. The van der Waals surface area contributed by atoms with Gasteiger partial charge in [-0.1, -0.05) is 128 Å². The lowest BCUT2D eigenvalue weighted by Gasteiger charge is -2.27. The fourth-order valence-electron chi connectivity index (χ4n) is 10.2. The minimum atomic E-state index is 1.04. The van der Waals surface area contributed by atoms with E-state index in [9.17, 15) is 0 Å². The van der Waals surface area contributed by atoms with E-state index in [4.69, 9.17) is 0 Å². The summed E-state index contributed by atoms with van der Waals surface area (Å²) in [6.45, 7) is 18.1. The smallest absolute Gasteiger partial charge is 0.0462 e. The zero-order chi connectivity index (χ0) is 51.3. The van der Waals surface area contributed by atoms with Gasteiger partial charge in [0, 0.05) is 73.1 Å². The summed E-state index contributed by atoms with van der Waals surface area (Å²) in [7, 11) is 0. The molecule has 374 valence electrons. The van der Waals surface area contributed by atoms with Crippen molar-refractivity contribution < 1.29 is 0 Å². The molecule has 74 heavy (non-hydrogen) atoms. The first-order chi connectivity index (χ1) is 36.3. The molecular weight excluding hydrogens is 973 g/mol. The highest BCUT2D eigenvalue weighted by Gasteiger charge is 2.19. The Morgan fingerprint density at radius 2 is 0.405 bits per heavy atom. The fourth-order valence-corrected chi connectivity index (χ4v) is 15.0. The summed E-state index contributed by atoms with van der Waals surface area (Å²) in [5.74, 6) is 0. The van der Waals surface area contributed by atoms with Gasteiger partial charge in [-0.25, -0.2) is 0 Å². The van der Waals surface area contributed by atoms with E-state index in [1.165, 1.54) is 94.7 Å². The maximum Gasteiger partial charge on any atom is 0.0462 e. The summed E-state index contributed by atoms with van der Waals surface area (Å²) >= 11 is 7.75. The molecule has 0 bridgehead atoms. The molecule has 0 N–H and O–H groups in total. The molecule has 0 amide bonds. The summed E-state index contributed by atoms with van der Waals surface area (Å²) in [6, 6.07) is 64.8. The number of thiophene rings is 4. The van der Waals surface area contributed by atoms with Crippen molar-refractivity contribution in [3.8, 4) is 52.9 Å². The van der Waals surface area contributed by atoms with Crippen LogP contribution >= 0.6 is 45.3 Å². The molecule has 6 aromatic carbocycles. The molecule has 6 heteroatoms. The van der Waals surface area contributed by atoms with E-state index in [0.29, 0.717) is 0 Å². The second-order valence-corrected chi connectivity index (χ2v) is 23.6. The maximum absolute atomic E-state index is 2.41. The molecule has 0 aliphatic heterocycles. The van der Waals surface area contributed by atoms with E-state index in [0.717, 1.165) is 85.5 Å². The van der Waals surface area contributed by atoms with Crippen molar-refractivity contribution in [1.29, 1.82) is 0 Å². The molecule has 2 nitrogen and oxygen atoms in total. The molecule has 0 aliphatic carbocycles. The summed E-state index contributed by atoms with van der Waals surface area (Å²) in [6.07, 6.45) is 8.43. The number of aryl methyl sites for hydroxylation is 8. The van der Waals surface area contributed by atoms with E-state index in [-0.39, 0.29) is 0 Å². The maximum atomic E-state index is 2.41. The predicted octanol–water partition coefficient (Wildman–Crippen LogP) is 21.7. The zero-order valence-electron chi connectivity index (χ0n) is 44.4. The summed E-state index contributed by atoms with van der Waals surface area (Å²) in [4.78, 5) is 16.2. The third-order valence-electron chi connectivity index (χ3n) is 14.5. The van der Waals surface area contributed by atoms with Crippen molar-refractivity contribution >= 4 is 79.5 Å². The lowest BCUT2D eigenvalue weighted by molar-refractivity contribution is 1.13. The zero-order valence-corrected chi connectivity index (χ0v) is 47.6. The molecule has 0 aliphatic rings. The van der Waals surface area contributed by atoms with Crippen LogP contribution in [0.5, 0.6) is 0 Å². The van der Waals surface area contributed by atoms with Crippen LogP contribution in [0.4, 0.5) is 34.1 Å². The Balaban J connectivity index is 0.978. The second-order valence-electron chi connectivity index (χ2n) is 19.0.